The molecular weight excluding hydrogens is 390 g/mol. The van der Waals surface area contributed by atoms with Gasteiger partial charge in [-0.15, -0.1) is 0 Å². The number of hydrogen-bond acceptors (Lipinski definition) is 4. The highest BCUT2D eigenvalue weighted by Gasteiger charge is 2.31. The molecule has 0 aliphatic carbocycles. The molecule has 2 heterocycles. The molecule has 0 N–H and O–H groups in total. The van der Waals surface area contributed by atoms with E-state index in [9.17, 15) is 14.4 Å². The summed E-state index contributed by atoms with van der Waals surface area (Å²) in [6, 6.07) is 15.3. The number of anilines is 1. The first kappa shape index (κ1) is 20.8. The van der Waals surface area contributed by atoms with E-state index in [-0.39, 0.29) is 30.1 Å². The molecule has 31 heavy (non-hydrogen) atoms. The highest BCUT2D eigenvalue weighted by atomic mass is 16.2. The molecule has 1 fully saturated rings. The molecule has 1 unspecified atom stereocenters. The lowest BCUT2D eigenvalue weighted by Crippen LogP contribution is -2.49. The van der Waals surface area contributed by atoms with Gasteiger partial charge in [-0.05, 0) is 48.4 Å². The number of Topliss-reactive ketones (excluding diaryl/α,β-unsaturated/α-hetero) is 1. The third kappa shape index (κ3) is 4.38. The van der Waals surface area contributed by atoms with Crippen LogP contribution in [0, 0.1) is 0 Å². The average molecular weight is 418 g/mol. The van der Waals surface area contributed by atoms with Crippen molar-refractivity contribution in [3.63, 3.8) is 0 Å². The van der Waals surface area contributed by atoms with Gasteiger partial charge in [0, 0.05) is 50.6 Å². The Morgan fingerprint density at radius 3 is 2.23 bits per heavy atom. The van der Waals surface area contributed by atoms with Gasteiger partial charge in [0.05, 0.1) is 12.5 Å². The van der Waals surface area contributed by atoms with Gasteiger partial charge in [-0.3, -0.25) is 14.4 Å². The SMILES string of the molecule is CC(=O)c1ccc(N2CCN(C(=O)CC3c4ccccc4C=CN3C(C)=O)CC2)cc1. The number of carbonyl (C=O) groups excluding carboxylic acids is 3. The highest BCUT2D eigenvalue weighted by molar-refractivity contribution is 5.94. The molecule has 0 aromatic heterocycles. The van der Waals surface area contributed by atoms with Gasteiger partial charge in [-0.25, -0.2) is 0 Å². The van der Waals surface area contributed by atoms with Crippen LogP contribution in [0.15, 0.2) is 54.7 Å². The van der Waals surface area contributed by atoms with Gasteiger partial charge < -0.3 is 14.7 Å². The Morgan fingerprint density at radius 2 is 1.58 bits per heavy atom. The van der Waals surface area contributed by atoms with Crippen molar-refractivity contribution >= 4 is 29.4 Å². The summed E-state index contributed by atoms with van der Waals surface area (Å²) in [5.74, 6) is 0.0519. The Labute approximate surface area is 182 Å². The number of hydrogen-bond donors (Lipinski definition) is 0. The molecule has 2 aliphatic rings. The van der Waals surface area contributed by atoms with Crippen LogP contribution in [-0.2, 0) is 9.59 Å². The summed E-state index contributed by atoms with van der Waals surface area (Å²) in [6.07, 6.45) is 3.98. The van der Waals surface area contributed by atoms with E-state index in [4.69, 9.17) is 0 Å². The van der Waals surface area contributed by atoms with Crippen molar-refractivity contribution < 1.29 is 14.4 Å². The Bertz CT molecular complexity index is 1020. The molecule has 1 saturated heterocycles. The van der Waals surface area contributed by atoms with Crippen LogP contribution in [0.2, 0.25) is 0 Å². The predicted molar refractivity (Wildman–Crippen MR) is 121 cm³/mol. The first-order valence-corrected chi connectivity index (χ1v) is 10.6. The van der Waals surface area contributed by atoms with E-state index < -0.39 is 0 Å². The minimum absolute atomic E-state index is 0.0562. The summed E-state index contributed by atoms with van der Waals surface area (Å²) in [4.78, 5) is 42.5. The zero-order chi connectivity index (χ0) is 22.0. The van der Waals surface area contributed by atoms with E-state index in [0.717, 1.165) is 29.9 Å². The van der Waals surface area contributed by atoms with Crippen LogP contribution in [0.25, 0.3) is 6.08 Å². The van der Waals surface area contributed by atoms with Crippen molar-refractivity contribution in [3.8, 4) is 0 Å². The molecule has 2 aliphatic heterocycles. The maximum atomic E-state index is 13.1. The van der Waals surface area contributed by atoms with Crippen molar-refractivity contribution in [1.82, 2.24) is 9.80 Å². The summed E-state index contributed by atoms with van der Waals surface area (Å²) in [5, 5.41) is 0. The Balaban J connectivity index is 1.41. The molecule has 2 aromatic carbocycles. The fourth-order valence-electron chi connectivity index (χ4n) is 4.33. The predicted octanol–water partition coefficient (Wildman–Crippen LogP) is 3.50. The standard InChI is InChI=1S/C25H27N3O3/c1-18(29)20-7-9-22(10-8-20)26-13-15-27(16-14-26)25(31)17-24-23-6-4-3-5-21(23)11-12-28(24)19(2)30/h3-12,24H,13-17H2,1-2H3. The molecule has 0 spiro atoms. The van der Waals surface area contributed by atoms with Crippen LogP contribution in [-0.4, -0.2) is 53.6 Å². The minimum atomic E-state index is -0.275. The number of ketones is 1. The quantitative estimate of drug-likeness (QED) is 0.715. The molecule has 2 amide bonds. The fourth-order valence-corrected chi connectivity index (χ4v) is 4.33. The van der Waals surface area contributed by atoms with Crippen LogP contribution in [0.5, 0.6) is 0 Å². The van der Waals surface area contributed by atoms with E-state index in [2.05, 4.69) is 4.90 Å². The molecular formula is C25H27N3O3. The van der Waals surface area contributed by atoms with Gasteiger partial charge >= 0.3 is 0 Å². The third-order valence-corrected chi connectivity index (χ3v) is 6.11. The van der Waals surface area contributed by atoms with Gasteiger partial charge in [0.15, 0.2) is 5.78 Å². The maximum Gasteiger partial charge on any atom is 0.225 e. The van der Waals surface area contributed by atoms with E-state index in [1.807, 2.05) is 59.5 Å². The monoisotopic (exact) mass is 417 g/mol. The average Bonchev–Trinajstić information content (AvgIpc) is 2.79. The van der Waals surface area contributed by atoms with Crippen molar-refractivity contribution in [3.05, 3.63) is 71.4 Å². The molecule has 2 aromatic rings. The number of piperazine rings is 1. The minimum Gasteiger partial charge on any atom is -0.368 e. The van der Waals surface area contributed by atoms with E-state index >= 15 is 0 Å². The lowest BCUT2D eigenvalue weighted by molar-refractivity contribution is -0.134. The normalized spacial score (nSPS) is 18.0. The number of benzene rings is 2. The van der Waals surface area contributed by atoms with E-state index in [1.54, 1.807) is 18.0 Å². The Kier molecular flexibility index (Phi) is 5.89. The summed E-state index contributed by atoms with van der Waals surface area (Å²) in [7, 11) is 0. The molecule has 1 atom stereocenters. The van der Waals surface area contributed by atoms with Crippen molar-refractivity contribution in [2.75, 3.05) is 31.1 Å². The first-order valence-electron chi connectivity index (χ1n) is 10.6. The summed E-state index contributed by atoms with van der Waals surface area (Å²) in [6.45, 7) is 5.85. The van der Waals surface area contributed by atoms with E-state index in [1.165, 1.54) is 6.92 Å². The van der Waals surface area contributed by atoms with Crippen LogP contribution < -0.4 is 4.90 Å². The lowest BCUT2D eigenvalue weighted by atomic mass is 9.93. The fraction of sp³-hybridized carbons (Fsp3) is 0.320. The maximum absolute atomic E-state index is 13.1. The second kappa shape index (κ2) is 8.76. The van der Waals surface area contributed by atoms with Gasteiger partial charge in [-0.2, -0.15) is 0 Å². The zero-order valence-corrected chi connectivity index (χ0v) is 18.0. The van der Waals surface area contributed by atoms with Crippen LogP contribution in [0.3, 0.4) is 0 Å². The largest absolute Gasteiger partial charge is 0.368 e. The molecule has 0 radical (unpaired) electrons. The van der Waals surface area contributed by atoms with Crippen molar-refractivity contribution in [1.29, 1.82) is 0 Å². The number of carbonyl (C=O) groups is 3. The molecule has 4 rings (SSSR count). The van der Waals surface area contributed by atoms with Gasteiger partial charge in [0.1, 0.15) is 0 Å². The summed E-state index contributed by atoms with van der Waals surface area (Å²) < 4.78 is 0. The van der Waals surface area contributed by atoms with Gasteiger partial charge in [-0.1, -0.05) is 24.3 Å². The van der Waals surface area contributed by atoms with Crippen molar-refractivity contribution in [2.45, 2.75) is 26.3 Å². The second-order valence-corrected chi connectivity index (χ2v) is 8.06. The van der Waals surface area contributed by atoms with Gasteiger partial charge in [0.25, 0.3) is 0 Å². The summed E-state index contributed by atoms with van der Waals surface area (Å²) in [5.41, 5.74) is 3.83. The first-order chi connectivity index (χ1) is 14.9. The molecule has 6 heteroatoms. The third-order valence-electron chi connectivity index (χ3n) is 6.11. The highest BCUT2D eigenvalue weighted by Crippen LogP contribution is 2.33. The zero-order valence-electron chi connectivity index (χ0n) is 18.0. The molecule has 0 saturated carbocycles. The van der Waals surface area contributed by atoms with Crippen molar-refractivity contribution in [2.24, 2.45) is 0 Å². The second-order valence-electron chi connectivity index (χ2n) is 8.06. The Hall–Kier alpha value is -3.41. The molecule has 160 valence electrons. The van der Waals surface area contributed by atoms with Crippen LogP contribution >= 0.6 is 0 Å². The smallest absolute Gasteiger partial charge is 0.225 e. The number of amides is 2. The lowest BCUT2D eigenvalue weighted by Gasteiger charge is -2.38. The molecule has 0 bridgehead atoms. The number of nitrogens with zero attached hydrogens (tertiary/aromatic N) is 3. The number of fused-ring (bicyclic) bond motifs is 1. The van der Waals surface area contributed by atoms with Gasteiger partial charge in [0.2, 0.25) is 11.8 Å². The topological polar surface area (TPSA) is 60.9 Å². The molecule has 6 nitrogen and oxygen atoms in total. The summed E-state index contributed by atoms with van der Waals surface area (Å²) >= 11 is 0. The number of rotatable bonds is 4. The van der Waals surface area contributed by atoms with Crippen LogP contribution in [0.1, 0.15) is 47.8 Å². The Morgan fingerprint density at radius 1 is 0.903 bits per heavy atom. The van der Waals surface area contributed by atoms with Crippen LogP contribution in [0.4, 0.5) is 5.69 Å². The van der Waals surface area contributed by atoms with E-state index in [0.29, 0.717) is 18.7 Å².